The topological polar surface area (TPSA) is 124 Å². The standard InChI is InChI=1S/C23H23N3O5S/c1-12-9-17(18(28)10-13(12)2)20-19-21(25-24-20)23(29)26(15-7-8-32(30,31)11-15)22(19)14-3-5-16(27)6-4-14/h3-6,9-10,15,22,27-28H,7-8,11H2,1-2H3,(H,24,25). The van der Waals surface area contributed by atoms with Crippen molar-refractivity contribution in [3.63, 3.8) is 0 Å². The zero-order valence-corrected chi connectivity index (χ0v) is 18.5. The Balaban J connectivity index is 1.70. The highest BCUT2D eigenvalue weighted by Gasteiger charge is 2.48. The molecule has 2 aromatic carbocycles. The predicted molar refractivity (Wildman–Crippen MR) is 118 cm³/mol. The van der Waals surface area contributed by atoms with Gasteiger partial charge in [0, 0.05) is 17.2 Å². The molecule has 0 bridgehead atoms. The van der Waals surface area contributed by atoms with Crippen molar-refractivity contribution in [1.29, 1.82) is 0 Å². The van der Waals surface area contributed by atoms with E-state index in [9.17, 15) is 23.4 Å². The quantitative estimate of drug-likeness (QED) is 0.560. The summed E-state index contributed by atoms with van der Waals surface area (Å²) in [5, 5.41) is 27.6. The lowest BCUT2D eigenvalue weighted by atomic mass is 9.93. The first-order valence-corrected chi connectivity index (χ1v) is 12.2. The molecular weight excluding hydrogens is 430 g/mol. The molecule has 0 spiro atoms. The van der Waals surface area contributed by atoms with Gasteiger partial charge in [0.05, 0.1) is 17.5 Å². The van der Waals surface area contributed by atoms with E-state index in [1.807, 2.05) is 19.9 Å². The number of sulfone groups is 1. The smallest absolute Gasteiger partial charge is 0.273 e. The van der Waals surface area contributed by atoms with Crippen molar-refractivity contribution in [2.75, 3.05) is 11.5 Å². The third-order valence-electron chi connectivity index (χ3n) is 6.48. The Morgan fingerprint density at radius 3 is 2.44 bits per heavy atom. The Kier molecular flexibility index (Phi) is 4.56. The Hall–Kier alpha value is -3.33. The largest absolute Gasteiger partial charge is 0.508 e. The molecule has 1 amide bonds. The van der Waals surface area contributed by atoms with Gasteiger partial charge in [0.2, 0.25) is 0 Å². The molecule has 3 aromatic rings. The summed E-state index contributed by atoms with van der Waals surface area (Å²) in [5.41, 5.74) is 4.48. The van der Waals surface area contributed by atoms with Gasteiger partial charge >= 0.3 is 0 Å². The summed E-state index contributed by atoms with van der Waals surface area (Å²) in [5.74, 6) is -0.216. The predicted octanol–water partition coefficient (Wildman–Crippen LogP) is 2.84. The Morgan fingerprint density at radius 2 is 1.78 bits per heavy atom. The van der Waals surface area contributed by atoms with E-state index >= 15 is 0 Å². The maximum Gasteiger partial charge on any atom is 0.273 e. The normalized spacial score (nSPS) is 21.8. The molecule has 9 heteroatoms. The molecule has 5 rings (SSSR count). The molecule has 3 N–H and O–H groups in total. The number of phenols is 2. The number of H-pyrrole nitrogens is 1. The number of nitrogens with zero attached hydrogens (tertiary/aromatic N) is 2. The van der Waals surface area contributed by atoms with Crippen LogP contribution in [0.2, 0.25) is 0 Å². The minimum atomic E-state index is -3.22. The van der Waals surface area contributed by atoms with Crippen molar-refractivity contribution >= 4 is 15.7 Å². The van der Waals surface area contributed by atoms with Crippen molar-refractivity contribution in [1.82, 2.24) is 15.1 Å². The van der Waals surface area contributed by atoms with E-state index in [-0.39, 0.29) is 28.9 Å². The number of rotatable bonds is 3. The van der Waals surface area contributed by atoms with E-state index in [1.54, 1.807) is 23.1 Å². The van der Waals surface area contributed by atoms with Crippen LogP contribution in [0.15, 0.2) is 36.4 Å². The van der Waals surface area contributed by atoms with Crippen LogP contribution in [0.4, 0.5) is 0 Å². The lowest BCUT2D eigenvalue weighted by Gasteiger charge is -2.31. The van der Waals surface area contributed by atoms with Gasteiger partial charge in [-0.25, -0.2) is 8.42 Å². The Labute approximate surface area is 185 Å². The summed E-state index contributed by atoms with van der Waals surface area (Å²) >= 11 is 0. The van der Waals surface area contributed by atoms with Gasteiger partial charge in [-0.05, 0) is 61.2 Å². The van der Waals surface area contributed by atoms with Crippen molar-refractivity contribution in [3.8, 4) is 22.8 Å². The van der Waals surface area contributed by atoms with Crippen molar-refractivity contribution in [3.05, 3.63) is 64.3 Å². The van der Waals surface area contributed by atoms with Gasteiger partial charge in [-0.15, -0.1) is 0 Å². The molecule has 0 radical (unpaired) electrons. The number of carbonyl (C=O) groups excluding carboxylic acids is 1. The van der Waals surface area contributed by atoms with E-state index in [2.05, 4.69) is 10.2 Å². The SMILES string of the molecule is Cc1cc(O)c(-c2n[nH]c3c2C(c2ccc(O)cc2)N(C2CCS(=O)(=O)C2)C3=O)cc1C. The monoisotopic (exact) mass is 453 g/mol. The van der Waals surface area contributed by atoms with Crippen LogP contribution in [0.5, 0.6) is 11.5 Å². The fourth-order valence-electron chi connectivity index (χ4n) is 4.72. The summed E-state index contributed by atoms with van der Waals surface area (Å²) in [6, 6.07) is 8.95. The number of fused-ring (bicyclic) bond motifs is 1. The molecule has 1 fully saturated rings. The third kappa shape index (κ3) is 3.15. The summed E-state index contributed by atoms with van der Waals surface area (Å²) in [4.78, 5) is 15.1. The van der Waals surface area contributed by atoms with Gasteiger partial charge < -0.3 is 15.1 Å². The number of hydrogen-bond donors (Lipinski definition) is 3. The second kappa shape index (κ2) is 7.09. The number of aryl methyl sites for hydroxylation is 2. The van der Waals surface area contributed by atoms with E-state index in [4.69, 9.17) is 0 Å². The number of aromatic amines is 1. The average Bonchev–Trinajstić information content (AvgIpc) is 3.39. The van der Waals surface area contributed by atoms with Gasteiger partial charge in [0.25, 0.3) is 5.91 Å². The molecule has 0 saturated carbocycles. The maximum atomic E-state index is 13.4. The van der Waals surface area contributed by atoms with Crippen LogP contribution < -0.4 is 0 Å². The van der Waals surface area contributed by atoms with E-state index in [0.29, 0.717) is 28.9 Å². The lowest BCUT2D eigenvalue weighted by Crippen LogP contribution is -2.40. The minimum absolute atomic E-state index is 0.0424. The fourth-order valence-corrected chi connectivity index (χ4v) is 6.43. The number of amides is 1. The van der Waals surface area contributed by atoms with E-state index in [1.165, 1.54) is 12.1 Å². The summed E-state index contributed by atoms with van der Waals surface area (Å²) in [6.07, 6.45) is 0.366. The molecule has 0 aliphatic carbocycles. The Morgan fingerprint density at radius 1 is 1.09 bits per heavy atom. The fraction of sp³-hybridized carbons (Fsp3) is 0.304. The summed E-state index contributed by atoms with van der Waals surface area (Å²) in [6.45, 7) is 3.84. The number of carbonyl (C=O) groups is 1. The minimum Gasteiger partial charge on any atom is -0.508 e. The van der Waals surface area contributed by atoms with Gasteiger partial charge in [0.15, 0.2) is 9.84 Å². The highest BCUT2D eigenvalue weighted by atomic mass is 32.2. The molecule has 1 aromatic heterocycles. The number of aromatic nitrogens is 2. The Bertz CT molecular complexity index is 1340. The highest BCUT2D eigenvalue weighted by molar-refractivity contribution is 7.91. The molecule has 2 atom stereocenters. The zero-order valence-electron chi connectivity index (χ0n) is 17.7. The van der Waals surface area contributed by atoms with Crippen molar-refractivity contribution < 1.29 is 23.4 Å². The highest BCUT2D eigenvalue weighted by Crippen LogP contribution is 2.46. The van der Waals surface area contributed by atoms with Crippen LogP contribution >= 0.6 is 0 Å². The number of benzene rings is 2. The first-order valence-electron chi connectivity index (χ1n) is 10.4. The molecule has 3 heterocycles. The van der Waals surface area contributed by atoms with E-state index < -0.39 is 21.9 Å². The molecule has 166 valence electrons. The molecular formula is C23H23N3O5S. The number of aromatic hydroxyl groups is 2. The third-order valence-corrected chi connectivity index (χ3v) is 8.23. The van der Waals surface area contributed by atoms with Crippen LogP contribution in [0.3, 0.4) is 0 Å². The maximum absolute atomic E-state index is 13.4. The van der Waals surface area contributed by atoms with Gasteiger partial charge in [-0.2, -0.15) is 5.10 Å². The van der Waals surface area contributed by atoms with Gasteiger partial charge in [-0.3, -0.25) is 9.89 Å². The van der Waals surface area contributed by atoms with Crippen LogP contribution in [0, 0.1) is 13.8 Å². The second-order valence-electron chi connectivity index (χ2n) is 8.58. The summed E-state index contributed by atoms with van der Waals surface area (Å²) < 4.78 is 24.4. The van der Waals surface area contributed by atoms with Crippen LogP contribution in [0.25, 0.3) is 11.3 Å². The molecule has 8 nitrogen and oxygen atoms in total. The van der Waals surface area contributed by atoms with Crippen LogP contribution in [-0.2, 0) is 9.84 Å². The van der Waals surface area contributed by atoms with E-state index in [0.717, 1.165) is 16.7 Å². The van der Waals surface area contributed by atoms with Crippen LogP contribution in [0.1, 0.15) is 45.2 Å². The molecule has 2 aliphatic heterocycles. The van der Waals surface area contributed by atoms with Gasteiger partial charge in [0.1, 0.15) is 22.9 Å². The average molecular weight is 454 g/mol. The first kappa shape index (κ1) is 20.6. The zero-order chi connectivity index (χ0) is 22.8. The molecule has 2 aliphatic rings. The lowest BCUT2D eigenvalue weighted by molar-refractivity contribution is 0.0678. The second-order valence-corrected chi connectivity index (χ2v) is 10.8. The summed E-state index contributed by atoms with van der Waals surface area (Å²) in [7, 11) is -3.22. The molecule has 1 saturated heterocycles. The number of hydrogen-bond acceptors (Lipinski definition) is 6. The first-order chi connectivity index (χ1) is 15.2. The van der Waals surface area contributed by atoms with Crippen molar-refractivity contribution in [2.45, 2.75) is 32.4 Å². The molecule has 32 heavy (non-hydrogen) atoms. The van der Waals surface area contributed by atoms with Crippen molar-refractivity contribution in [2.24, 2.45) is 0 Å². The molecule has 2 unspecified atom stereocenters. The van der Waals surface area contributed by atoms with Gasteiger partial charge in [-0.1, -0.05) is 12.1 Å². The van der Waals surface area contributed by atoms with Crippen LogP contribution in [-0.4, -0.2) is 57.2 Å². The number of nitrogens with one attached hydrogen (secondary N) is 1. The number of phenolic OH excluding ortho intramolecular Hbond substituents is 2.